The van der Waals surface area contributed by atoms with Crippen molar-refractivity contribution in [1.82, 2.24) is 0 Å². The number of methoxy groups -OCH3 is 2. The highest BCUT2D eigenvalue weighted by Gasteiger charge is 2.04. The van der Waals surface area contributed by atoms with E-state index in [1.807, 2.05) is 12.1 Å². The van der Waals surface area contributed by atoms with Crippen molar-refractivity contribution >= 4 is 17.4 Å². The molecule has 6 nitrogen and oxygen atoms in total. The molecule has 4 N–H and O–H groups in total. The molecule has 0 unspecified atom stereocenters. The van der Waals surface area contributed by atoms with Gasteiger partial charge >= 0.3 is 6.03 Å². The molecule has 6 heteroatoms. The Kier molecular flexibility index (Phi) is 5.25. The molecule has 0 aromatic heterocycles. The molecule has 0 saturated heterocycles. The van der Waals surface area contributed by atoms with Crippen LogP contribution in [-0.4, -0.2) is 33.1 Å². The highest BCUT2D eigenvalue weighted by atomic mass is 16.7. The molecule has 2 amide bonds. The lowest BCUT2D eigenvalue weighted by atomic mass is 10.3. The Balaban J connectivity index is 2.47. The Morgan fingerprint density at radius 3 is 2.24 bits per heavy atom. The molecule has 1 aromatic rings. The number of nitrogens with one attached hydrogen (secondary N) is 2. The van der Waals surface area contributed by atoms with Crippen LogP contribution in [0.15, 0.2) is 24.3 Å². The van der Waals surface area contributed by atoms with Crippen molar-refractivity contribution in [2.45, 2.75) is 6.29 Å². The van der Waals surface area contributed by atoms with E-state index in [0.717, 1.165) is 5.69 Å². The number of carbonyl (C=O) groups is 1. The number of hydrogen-bond donors (Lipinski definition) is 3. The fourth-order valence-corrected chi connectivity index (χ4v) is 1.28. The number of hydrogen-bond acceptors (Lipinski definition) is 4. The molecule has 0 aliphatic carbocycles. The van der Waals surface area contributed by atoms with Crippen LogP contribution in [0, 0.1) is 0 Å². The predicted octanol–water partition coefficient (Wildman–Crippen LogP) is 1.21. The molecule has 0 atom stereocenters. The quantitative estimate of drug-likeness (QED) is 0.651. The molecular weight excluding hydrogens is 222 g/mol. The van der Waals surface area contributed by atoms with Crippen molar-refractivity contribution in [1.29, 1.82) is 0 Å². The van der Waals surface area contributed by atoms with Gasteiger partial charge in [-0.15, -0.1) is 0 Å². The Labute approximate surface area is 100 Å². The number of urea groups is 1. The lowest BCUT2D eigenvalue weighted by Gasteiger charge is -2.15. The van der Waals surface area contributed by atoms with Crippen LogP contribution < -0.4 is 16.4 Å². The summed E-state index contributed by atoms with van der Waals surface area (Å²) in [6.45, 7) is 0.537. The van der Waals surface area contributed by atoms with Crippen molar-refractivity contribution in [3.8, 4) is 0 Å². The van der Waals surface area contributed by atoms with Crippen molar-refractivity contribution in [2.24, 2.45) is 5.73 Å². The molecule has 0 radical (unpaired) electrons. The smallest absolute Gasteiger partial charge is 0.316 e. The van der Waals surface area contributed by atoms with Gasteiger partial charge in [-0.1, -0.05) is 0 Å². The lowest BCUT2D eigenvalue weighted by Crippen LogP contribution is -2.23. The van der Waals surface area contributed by atoms with Gasteiger partial charge in [0.1, 0.15) is 0 Å². The first kappa shape index (κ1) is 13.3. The number of rotatable bonds is 6. The first-order chi connectivity index (χ1) is 8.15. The van der Waals surface area contributed by atoms with Crippen molar-refractivity contribution in [2.75, 3.05) is 31.4 Å². The van der Waals surface area contributed by atoms with Crippen molar-refractivity contribution in [3.05, 3.63) is 24.3 Å². The first-order valence-corrected chi connectivity index (χ1v) is 5.11. The molecule has 1 aromatic carbocycles. The third-order valence-corrected chi connectivity index (χ3v) is 2.15. The van der Waals surface area contributed by atoms with Crippen LogP contribution in [0.3, 0.4) is 0 Å². The van der Waals surface area contributed by atoms with Gasteiger partial charge in [-0.25, -0.2) is 4.79 Å². The zero-order valence-corrected chi connectivity index (χ0v) is 9.90. The molecule has 0 spiro atoms. The van der Waals surface area contributed by atoms with Gasteiger partial charge < -0.3 is 25.8 Å². The SMILES string of the molecule is COC(CNc1ccc(NC(N)=O)cc1)OC. The van der Waals surface area contributed by atoms with Crippen LogP contribution in [0.25, 0.3) is 0 Å². The predicted molar refractivity (Wildman–Crippen MR) is 65.9 cm³/mol. The van der Waals surface area contributed by atoms with Gasteiger partial charge in [0, 0.05) is 25.6 Å². The van der Waals surface area contributed by atoms with Gasteiger partial charge in [0.15, 0.2) is 6.29 Å². The average molecular weight is 239 g/mol. The summed E-state index contributed by atoms with van der Waals surface area (Å²) < 4.78 is 10.1. The van der Waals surface area contributed by atoms with Crippen LogP contribution >= 0.6 is 0 Å². The fraction of sp³-hybridized carbons (Fsp3) is 0.364. The molecular formula is C11H17N3O3. The summed E-state index contributed by atoms with van der Waals surface area (Å²) in [6.07, 6.45) is -0.293. The topological polar surface area (TPSA) is 85.6 Å². The third kappa shape index (κ3) is 4.71. The highest BCUT2D eigenvalue weighted by molar-refractivity contribution is 5.87. The Hall–Kier alpha value is -1.79. The first-order valence-electron chi connectivity index (χ1n) is 5.11. The van der Waals surface area contributed by atoms with Gasteiger partial charge in [-0.3, -0.25) is 0 Å². The van der Waals surface area contributed by atoms with E-state index in [1.54, 1.807) is 26.4 Å². The number of primary amides is 1. The maximum atomic E-state index is 10.6. The van der Waals surface area contributed by atoms with Gasteiger partial charge in [-0.2, -0.15) is 0 Å². The second kappa shape index (κ2) is 6.72. The Morgan fingerprint density at radius 1 is 1.24 bits per heavy atom. The van der Waals surface area contributed by atoms with Gasteiger partial charge in [0.25, 0.3) is 0 Å². The summed E-state index contributed by atoms with van der Waals surface area (Å²) in [5.41, 5.74) is 6.55. The normalized spacial score (nSPS) is 10.3. The van der Waals surface area contributed by atoms with Crippen LogP contribution in [0.5, 0.6) is 0 Å². The summed E-state index contributed by atoms with van der Waals surface area (Å²) in [5, 5.41) is 5.61. The monoisotopic (exact) mass is 239 g/mol. The fourth-order valence-electron chi connectivity index (χ4n) is 1.28. The van der Waals surface area contributed by atoms with Crippen LogP contribution in [0.1, 0.15) is 0 Å². The summed E-state index contributed by atoms with van der Waals surface area (Å²) in [6, 6.07) is 6.58. The van der Waals surface area contributed by atoms with E-state index in [0.29, 0.717) is 12.2 Å². The number of nitrogens with two attached hydrogens (primary N) is 1. The maximum Gasteiger partial charge on any atom is 0.316 e. The van der Waals surface area contributed by atoms with Crippen LogP contribution in [0.4, 0.5) is 16.2 Å². The molecule has 0 aliphatic heterocycles. The van der Waals surface area contributed by atoms with E-state index in [-0.39, 0.29) is 6.29 Å². The minimum atomic E-state index is -0.579. The van der Waals surface area contributed by atoms with E-state index in [2.05, 4.69) is 10.6 Å². The Morgan fingerprint density at radius 2 is 1.76 bits per heavy atom. The van der Waals surface area contributed by atoms with Crippen LogP contribution in [-0.2, 0) is 9.47 Å². The van der Waals surface area contributed by atoms with Gasteiger partial charge in [-0.05, 0) is 24.3 Å². The number of ether oxygens (including phenoxy) is 2. The van der Waals surface area contributed by atoms with E-state index < -0.39 is 6.03 Å². The molecule has 17 heavy (non-hydrogen) atoms. The van der Waals surface area contributed by atoms with Crippen molar-refractivity contribution < 1.29 is 14.3 Å². The van der Waals surface area contributed by atoms with Gasteiger partial charge in [0.2, 0.25) is 0 Å². The highest BCUT2D eigenvalue weighted by Crippen LogP contribution is 2.13. The number of amides is 2. The van der Waals surface area contributed by atoms with Gasteiger partial charge in [0.05, 0.1) is 6.54 Å². The summed E-state index contributed by atoms with van der Waals surface area (Å²) in [5.74, 6) is 0. The molecule has 0 heterocycles. The molecule has 0 fully saturated rings. The number of anilines is 2. The van der Waals surface area contributed by atoms with E-state index >= 15 is 0 Å². The second-order valence-electron chi connectivity index (χ2n) is 3.35. The Bertz CT molecular complexity index is 349. The lowest BCUT2D eigenvalue weighted by molar-refractivity contribution is -0.0914. The average Bonchev–Trinajstić information content (AvgIpc) is 2.32. The molecule has 94 valence electrons. The summed E-state index contributed by atoms with van der Waals surface area (Å²) in [7, 11) is 3.16. The van der Waals surface area contributed by atoms with E-state index in [9.17, 15) is 4.79 Å². The number of carbonyl (C=O) groups excluding carboxylic acids is 1. The standard InChI is InChI=1S/C11H17N3O3/c1-16-10(17-2)7-13-8-3-5-9(6-4-8)14-11(12)15/h3-6,10,13H,7H2,1-2H3,(H3,12,14,15). The minimum absolute atomic E-state index is 0.293. The summed E-state index contributed by atoms with van der Waals surface area (Å²) in [4.78, 5) is 10.6. The molecule has 0 bridgehead atoms. The third-order valence-electron chi connectivity index (χ3n) is 2.15. The summed E-state index contributed by atoms with van der Waals surface area (Å²) >= 11 is 0. The maximum absolute atomic E-state index is 10.6. The molecule has 0 aliphatic rings. The zero-order valence-electron chi connectivity index (χ0n) is 9.90. The molecule has 0 saturated carbocycles. The molecule has 1 rings (SSSR count). The second-order valence-corrected chi connectivity index (χ2v) is 3.35. The zero-order chi connectivity index (χ0) is 12.7. The largest absolute Gasteiger partial charge is 0.380 e. The van der Waals surface area contributed by atoms with E-state index in [1.165, 1.54) is 0 Å². The minimum Gasteiger partial charge on any atom is -0.380 e. The van der Waals surface area contributed by atoms with Crippen molar-refractivity contribution in [3.63, 3.8) is 0 Å². The van der Waals surface area contributed by atoms with Crippen LogP contribution in [0.2, 0.25) is 0 Å². The van der Waals surface area contributed by atoms with E-state index in [4.69, 9.17) is 15.2 Å². The number of benzene rings is 1.